The second kappa shape index (κ2) is 4.80. The van der Waals surface area contributed by atoms with Gasteiger partial charge in [-0.05, 0) is 12.6 Å². The number of nitrogens with one attached hydrogen (secondary N) is 1. The molecule has 0 aliphatic carbocycles. The SMILES string of the molecule is CCNCc1nc2c(s1)CSc1ccccc1-2. The smallest absolute Gasteiger partial charge is 0.107 e. The summed E-state index contributed by atoms with van der Waals surface area (Å²) in [6, 6.07) is 8.56. The molecule has 0 fully saturated rings. The number of rotatable bonds is 3. The molecule has 0 unspecified atom stereocenters. The van der Waals surface area contributed by atoms with Gasteiger partial charge in [0.25, 0.3) is 0 Å². The summed E-state index contributed by atoms with van der Waals surface area (Å²) in [5, 5.41) is 4.54. The lowest BCUT2D eigenvalue weighted by molar-refractivity contribution is 0.723. The van der Waals surface area contributed by atoms with E-state index >= 15 is 0 Å². The molecule has 1 N–H and O–H groups in total. The molecule has 2 aromatic rings. The second-order valence-corrected chi connectivity index (χ2v) is 6.13. The molecule has 17 heavy (non-hydrogen) atoms. The van der Waals surface area contributed by atoms with Gasteiger partial charge >= 0.3 is 0 Å². The molecule has 1 aromatic carbocycles. The van der Waals surface area contributed by atoms with E-state index in [1.54, 1.807) is 0 Å². The van der Waals surface area contributed by atoms with Crippen LogP contribution in [0, 0.1) is 0 Å². The fourth-order valence-corrected chi connectivity index (χ4v) is 4.13. The molecular weight excluding hydrogens is 248 g/mol. The highest BCUT2D eigenvalue weighted by molar-refractivity contribution is 7.98. The molecule has 0 saturated carbocycles. The Hall–Kier alpha value is -0.840. The minimum atomic E-state index is 0.890. The molecule has 0 spiro atoms. The van der Waals surface area contributed by atoms with Gasteiger partial charge in [0.2, 0.25) is 0 Å². The van der Waals surface area contributed by atoms with Crippen molar-refractivity contribution in [2.45, 2.75) is 24.1 Å². The summed E-state index contributed by atoms with van der Waals surface area (Å²) >= 11 is 3.76. The molecule has 0 radical (unpaired) electrons. The lowest BCUT2D eigenvalue weighted by atomic mass is 10.1. The van der Waals surface area contributed by atoms with Crippen LogP contribution in [-0.2, 0) is 12.3 Å². The maximum atomic E-state index is 4.77. The van der Waals surface area contributed by atoms with Gasteiger partial charge in [-0.25, -0.2) is 4.98 Å². The average Bonchev–Trinajstić information content (AvgIpc) is 2.79. The van der Waals surface area contributed by atoms with E-state index in [0.717, 1.165) is 18.8 Å². The minimum Gasteiger partial charge on any atom is -0.311 e. The van der Waals surface area contributed by atoms with Crippen LogP contribution in [0.15, 0.2) is 29.2 Å². The first-order valence-corrected chi connectivity index (χ1v) is 7.60. The third-order valence-electron chi connectivity index (χ3n) is 2.77. The minimum absolute atomic E-state index is 0.890. The highest BCUT2D eigenvalue weighted by Gasteiger charge is 2.20. The lowest BCUT2D eigenvalue weighted by Crippen LogP contribution is -2.11. The normalized spacial score (nSPS) is 13.2. The number of nitrogens with zero attached hydrogens (tertiary/aromatic N) is 1. The first kappa shape index (κ1) is 11.3. The number of aromatic nitrogens is 1. The predicted octanol–water partition coefficient (Wildman–Crippen LogP) is 3.53. The standard InChI is InChI=1S/C13H14N2S2/c1-2-14-7-12-15-13-9-5-3-4-6-10(9)16-8-11(13)17-12/h3-6,14H,2,7-8H2,1H3. The number of thioether (sulfide) groups is 1. The predicted molar refractivity (Wildman–Crippen MR) is 74.5 cm³/mol. The van der Waals surface area contributed by atoms with Crippen molar-refractivity contribution < 1.29 is 0 Å². The van der Waals surface area contributed by atoms with Crippen LogP contribution in [-0.4, -0.2) is 11.5 Å². The molecule has 88 valence electrons. The first-order chi connectivity index (χ1) is 8.38. The Labute approximate surface area is 109 Å². The summed E-state index contributed by atoms with van der Waals surface area (Å²) in [7, 11) is 0. The van der Waals surface area contributed by atoms with Crippen LogP contribution >= 0.6 is 23.1 Å². The summed E-state index contributed by atoms with van der Waals surface area (Å²) in [5.41, 5.74) is 2.51. The molecule has 0 amide bonds. The topological polar surface area (TPSA) is 24.9 Å². The third-order valence-corrected chi connectivity index (χ3v) is 5.11. The highest BCUT2D eigenvalue weighted by Crippen LogP contribution is 2.43. The summed E-state index contributed by atoms with van der Waals surface area (Å²) in [5.74, 6) is 1.07. The zero-order chi connectivity index (χ0) is 11.7. The Morgan fingerprint density at radius 2 is 2.24 bits per heavy atom. The Balaban J connectivity index is 1.98. The van der Waals surface area contributed by atoms with E-state index in [4.69, 9.17) is 4.98 Å². The molecule has 3 rings (SSSR count). The van der Waals surface area contributed by atoms with E-state index in [1.807, 2.05) is 23.1 Å². The van der Waals surface area contributed by atoms with Crippen LogP contribution in [0.5, 0.6) is 0 Å². The fraction of sp³-hybridized carbons (Fsp3) is 0.308. The van der Waals surface area contributed by atoms with Crippen molar-refractivity contribution in [3.05, 3.63) is 34.2 Å². The van der Waals surface area contributed by atoms with Crippen LogP contribution in [0.4, 0.5) is 0 Å². The fourth-order valence-electron chi connectivity index (χ4n) is 1.95. The number of benzene rings is 1. The molecule has 2 heterocycles. The zero-order valence-electron chi connectivity index (χ0n) is 9.69. The average molecular weight is 262 g/mol. The monoisotopic (exact) mass is 262 g/mol. The zero-order valence-corrected chi connectivity index (χ0v) is 11.3. The largest absolute Gasteiger partial charge is 0.311 e. The maximum Gasteiger partial charge on any atom is 0.107 e. The van der Waals surface area contributed by atoms with Crippen LogP contribution in [0.3, 0.4) is 0 Å². The van der Waals surface area contributed by atoms with E-state index in [9.17, 15) is 0 Å². The molecule has 0 atom stereocenters. The third kappa shape index (κ3) is 2.12. The molecule has 1 aromatic heterocycles. The second-order valence-electron chi connectivity index (χ2n) is 3.94. The van der Waals surface area contributed by atoms with Gasteiger partial charge in [-0.1, -0.05) is 25.1 Å². The van der Waals surface area contributed by atoms with Crippen LogP contribution < -0.4 is 5.32 Å². The highest BCUT2D eigenvalue weighted by atomic mass is 32.2. The molecule has 4 heteroatoms. The van der Waals surface area contributed by atoms with Crippen LogP contribution in [0.25, 0.3) is 11.3 Å². The van der Waals surface area contributed by atoms with E-state index in [-0.39, 0.29) is 0 Å². The van der Waals surface area contributed by atoms with Crippen molar-refractivity contribution >= 4 is 23.1 Å². The van der Waals surface area contributed by atoms with Crippen molar-refractivity contribution in [1.82, 2.24) is 10.3 Å². The Morgan fingerprint density at radius 3 is 3.12 bits per heavy atom. The number of fused-ring (bicyclic) bond motifs is 3. The Bertz CT molecular complexity index is 534. The van der Waals surface area contributed by atoms with Gasteiger partial charge in [-0.15, -0.1) is 23.1 Å². The molecule has 0 saturated heterocycles. The quantitative estimate of drug-likeness (QED) is 0.916. The van der Waals surface area contributed by atoms with Crippen molar-refractivity contribution in [3.8, 4) is 11.3 Å². The summed E-state index contributed by atoms with van der Waals surface area (Å²) in [4.78, 5) is 7.55. The number of hydrogen-bond donors (Lipinski definition) is 1. The van der Waals surface area contributed by atoms with E-state index < -0.39 is 0 Å². The van der Waals surface area contributed by atoms with Crippen molar-refractivity contribution in [2.75, 3.05) is 6.54 Å². The molecule has 0 bridgehead atoms. The maximum absolute atomic E-state index is 4.77. The van der Waals surface area contributed by atoms with Gasteiger partial charge in [0, 0.05) is 27.6 Å². The van der Waals surface area contributed by atoms with E-state index in [0.29, 0.717) is 0 Å². The van der Waals surface area contributed by atoms with E-state index in [1.165, 1.54) is 26.0 Å². The Morgan fingerprint density at radius 1 is 1.35 bits per heavy atom. The van der Waals surface area contributed by atoms with Gasteiger partial charge in [0.05, 0.1) is 5.69 Å². The molecule has 2 nitrogen and oxygen atoms in total. The van der Waals surface area contributed by atoms with Crippen LogP contribution in [0.1, 0.15) is 16.8 Å². The number of hydrogen-bond acceptors (Lipinski definition) is 4. The van der Waals surface area contributed by atoms with Gasteiger partial charge in [-0.2, -0.15) is 0 Å². The summed E-state index contributed by atoms with van der Waals surface area (Å²) in [6.07, 6.45) is 0. The van der Waals surface area contributed by atoms with E-state index in [2.05, 4.69) is 36.5 Å². The van der Waals surface area contributed by atoms with Gasteiger partial charge < -0.3 is 5.32 Å². The van der Waals surface area contributed by atoms with Crippen molar-refractivity contribution in [2.24, 2.45) is 0 Å². The van der Waals surface area contributed by atoms with Gasteiger partial charge in [0.15, 0.2) is 0 Å². The van der Waals surface area contributed by atoms with Crippen molar-refractivity contribution in [3.63, 3.8) is 0 Å². The first-order valence-electron chi connectivity index (χ1n) is 5.80. The lowest BCUT2D eigenvalue weighted by Gasteiger charge is -2.13. The van der Waals surface area contributed by atoms with Gasteiger partial charge in [0.1, 0.15) is 5.01 Å². The molecule has 1 aliphatic rings. The molecular formula is C13H14N2S2. The summed E-state index contributed by atoms with van der Waals surface area (Å²) in [6.45, 7) is 4.01. The summed E-state index contributed by atoms with van der Waals surface area (Å²) < 4.78 is 0. The Kier molecular flexibility index (Phi) is 3.18. The van der Waals surface area contributed by atoms with Gasteiger partial charge in [-0.3, -0.25) is 0 Å². The molecule has 1 aliphatic heterocycles. The number of thiazole rings is 1. The van der Waals surface area contributed by atoms with Crippen LogP contribution in [0.2, 0.25) is 0 Å². The van der Waals surface area contributed by atoms with Crippen molar-refractivity contribution in [1.29, 1.82) is 0 Å².